The van der Waals surface area contributed by atoms with Crippen molar-refractivity contribution >= 4 is 33.7 Å². The van der Waals surface area contributed by atoms with Crippen LogP contribution in [0.4, 0.5) is 0 Å². The molecule has 0 spiro atoms. The van der Waals surface area contributed by atoms with Gasteiger partial charge in [-0.25, -0.2) is 0 Å². The van der Waals surface area contributed by atoms with Crippen LogP contribution in [-0.2, 0) is 14.3 Å². The third-order valence-electron chi connectivity index (χ3n) is 5.95. The van der Waals surface area contributed by atoms with Crippen molar-refractivity contribution in [1.29, 1.82) is 0 Å². The fourth-order valence-electron chi connectivity index (χ4n) is 4.78. The SMILES string of the molecule is CCOC(=O)[C@@]12C(=O)Oc3ccc(Br)cc3[C@@H]1[C@@]2(CC)C(=O)c1ccccc1. The van der Waals surface area contributed by atoms with Gasteiger partial charge in [-0.05, 0) is 31.5 Å². The van der Waals surface area contributed by atoms with Gasteiger partial charge in [-0.15, -0.1) is 0 Å². The molecule has 0 amide bonds. The van der Waals surface area contributed by atoms with Crippen LogP contribution in [0.1, 0.15) is 42.1 Å². The fourth-order valence-corrected chi connectivity index (χ4v) is 5.16. The molecule has 0 bridgehead atoms. The smallest absolute Gasteiger partial charge is 0.330 e. The fraction of sp³-hybridized carbons (Fsp3) is 0.318. The Morgan fingerprint density at radius 3 is 2.50 bits per heavy atom. The molecule has 4 rings (SSSR count). The number of carbonyl (C=O) groups is 3. The third kappa shape index (κ3) is 2.21. The number of Topliss-reactive ketones (excluding diaryl/α,β-unsaturated/α-hetero) is 1. The summed E-state index contributed by atoms with van der Waals surface area (Å²) >= 11 is 3.44. The molecule has 2 aliphatic rings. The van der Waals surface area contributed by atoms with Crippen LogP contribution in [0.2, 0.25) is 0 Å². The summed E-state index contributed by atoms with van der Waals surface area (Å²) in [6, 6.07) is 14.0. The Labute approximate surface area is 171 Å². The van der Waals surface area contributed by atoms with E-state index in [1.54, 1.807) is 43.3 Å². The van der Waals surface area contributed by atoms with Crippen molar-refractivity contribution < 1.29 is 23.9 Å². The van der Waals surface area contributed by atoms with Gasteiger partial charge in [0, 0.05) is 21.5 Å². The molecule has 0 saturated heterocycles. The average Bonchev–Trinajstić information content (AvgIpc) is 3.36. The van der Waals surface area contributed by atoms with Crippen LogP contribution in [0.25, 0.3) is 0 Å². The molecule has 0 N–H and O–H groups in total. The van der Waals surface area contributed by atoms with Gasteiger partial charge in [0.15, 0.2) is 11.2 Å². The molecule has 144 valence electrons. The van der Waals surface area contributed by atoms with Crippen LogP contribution < -0.4 is 4.74 Å². The van der Waals surface area contributed by atoms with Crippen LogP contribution in [0, 0.1) is 10.8 Å². The van der Waals surface area contributed by atoms with Crippen molar-refractivity contribution in [2.45, 2.75) is 26.2 Å². The van der Waals surface area contributed by atoms with Crippen molar-refractivity contribution in [3.8, 4) is 5.75 Å². The first-order valence-corrected chi connectivity index (χ1v) is 10.0. The second kappa shape index (κ2) is 6.55. The number of rotatable bonds is 5. The molecule has 2 aromatic carbocycles. The number of benzene rings is 2. The van der Waals surface area contributed by atoms with Crippen LogP contribution >= 0.6 is 15.9 Å². The maximum Gasteiger partial charge on any atom is 0.330 e. The highest BCUT2D eigenvalue weighted by molar-refractivity contribution is 9.10. The molecule has 28 heavy (non-hydrogen) atoms. The van der Waals surface area contributed by atoms with E-state index in [1.807, 2.05) is 19.1 Å². The lowest BCUT2D eigenvalue weighted by molar-refractivity contribution is -0.162. The zero-order chi connectivity index (χ0) is 20.1. The predicted octanol–water partition coefficient (Wildman–Crippen LogP) is 4.29. The van der Waals surface area contributed by atoms with E-state index < -0.39 is 28.7 Å². The molecule has 1 aliphatic heterocycles. The van der Waals surface area contributed by atoms with Crippen molar-refractivity contribution in [2.75, 3.05) is 6.61 Å². The molecule has 5 nitrogen and oxygen atoms in total. The molecule has 0 radical (unpaired) electrons. The maximum absolute atomic E-state index is 13.7. The minimum Gasteiger partial charge on any atom is -0.465 e. The van der Waals surface area contributed by atoms with Crippen molar-refractivity contribution in [3.05, 3.63) is 64.1 Å². The largest absolute Gasteiger partial charge is 0.465 e. The molecular weight excluding hydrogens is 424 g/mol. The Bertz CT molecular complexity index is 986. The van der Waals surface area contributed by atoms with E-state index in [1.165, 1.54) is 0 Å². The van der Waals surface area contributed by atoms with E-state index in [0.717, 1.165) is 4.47 Å². The summed E-state index contributed by atoms with van der Waals surface area (Å²) in [5.41, 5.74) is -1.75. The molecule has 1 heterocycles. The van der Waals surface area contributed by atoms with E-state index in [4.69, 9.17) is 9.47 Å². The molecule has 1 saturated carbocycles. The van der Waals surface area contributed by atoms with E-state index >= 15 is 0 Å². The van der Waals surface area contributed by atoms with Gasteiger partial charge in [0.25, 0.3) is 0 Å². The van der Waals surface area contributed by atoms with Gasteiger partial charge in [-0.3, -0.25) is 14.4 Å². The molecular formula is C22H19BrO5. The number of ketones is 1. The van der Waals surface area contributed by atoms with Gasteiger partial charge in [0.2, 0.25) is 0 Å². The highest BCUT2D eigenvalue weighted by Crippen LogP contribution is 2.80. The second-order valence-electron chi connectivity index (χ2n) is 7.05. The lowest BCUT2D eigenvalue weighted by Gasteiger charge is -2.22. The summed E-state index contributed by atoms with van der Waals surface area (Å²) in [5.74, 6) is -1.88. The topological polar surface area (TPSA) is 69.7 Å². The Morgan fingerprint density at radius 1 is 1.14 bits per heavy atom. The maximum atomic E-state index is 13.7. The van der Waals surface area contributed by atoms with E-state index in [2.05, 4.69) is 15.9 Å². The second-order valence-corrected chi connectivity index (χ2v) is 7.97. The van der Waals surface area contributed by atoms with Crippen molar-refractivity contribution in [3.63, 3.8) is 0 Å². The van der Waals surface area contributed by atoms with E-state index in [0.29, 0.717) is 23.3 Å². The number of halogens is 1. The minimum atomic E-state index is -1.65. The zero-order valence-electron chi connectivity index (χ0n) is 15.5. The van der Waals surface area contributed by atoms with Crippen LogP contribution in [0.15, 0.2) is 53.0 Å². The molecule has 1 fully saturated rings. The summed E-state index contributed by atoms with van der Waals surface area (Å²) in [7, 11) is 0. The first kappa shape index (κ1) is 18.9. The summed E-state index contributed by atoms with van der Waals surface area (Å²) in [6.45, 7) is 3.62. The minimum absolute atomic E-state index is 0.116. The standard InChI is InChI=1S/C22H19BrO5/c1-3-21(18(24)13-8-6-5-7-9-13)17-15-12-14(23)10-11-16(15)28-20(26)22(17,21)19(25)27-4-2/h5-12,17H,3-4H2,1-2H3/t17-,21+,22-/m1/s1. The average molecular weight is 443 g/mol. The zero-order valence-corrected chi connectivity index (χ0v) is 17.1. The lowest BCUT2D eigenvalue weighted by atomic mass is 9.83. The van der Waals surface area contributed by atoms with E-state index in [9.17, 15) is 14.4 Å². The number of fused-ring (bicyclic) bond motifs is 3. The molecule has 2 aromatic rings. The lowest BCUT2D eigenvalue weighted by Crippen LogP contribution is -2.40. The summed E-state index contributed by atoms with van der Waals surface area (Å²) in [5, 5.41) is 0. The summed E-state index contributed by atoms with van der Waals surface area (Å²) in [6.07, 6.45) is 0.311. The number of hydrogen-bond donors (Lipinski definition) is 0. The van der Waals surface area contributed by atoms with Crippen LogP contribution in [-0.4, -0.2) is 24.3 Å². The monoisotopic (exact) mass is 442 g/mol. The van der Waals surface area contributed by atoms with Gasteiger partial charge in [0.05, 0.1) is 12.0 Å². The molecule has 6 heteroatoms. The van der Waals surface area contributed by atoms with Crippen molar-refractivity contribution in [2.24, 2.45) is 10.8 Å². The van der Waals surface area contributed by atoms with Gasteiger partial charge >= 0.3 is 11.9 Å². The number of ether oxygens (including phenoxy) is 2. The van der Waals surface area contributed by atoms with Gasteiger partial charge < -0.3 is 9.47 Å². The van der Waals surface area contributed by atoms with Crippen LogP contribution in [0.3, 0.4) is 0 Å². The Hall–Kier alpha value is -2.47. The summed E-state index contributed by atoms with van der Waals surface area (Å²) < 4.78 is 11.6. The van der Waals surface area contributed by atoms with Crippen LogP contribution in [0.5, 0.6) is 5.75 Å². The highest BCUT2D eigenvalue weighted by Gasteiger charge is 2.90. The number of carbonyl (C=O) groups excluding carboxylic acids is 3. The first-order chi connectivity index (χ1) is 13.4. The van der Waals surface area contributed by atoms with E-state index in [-0.39, 0.29) is 12.4 Å². The van der Waals surface area contributed by atoms with Gasteiger partial charge in [-0.1, -0.05) is 53.2 Å². The third-order valence-corrected chi connectivity index (χ3v) is 6.44. The Balaban J connectivity index is 1.96. The quantitative estimate of drug-likeness (QED) is 0.299. The summed E-state index contributed by atoms with van der Waals surface area (Å²) in [4.78, 5) is 39.9. The molecule has 0 unspecified atom stereocenters. The number of hydrogen-bond acceptors (Lipinski definition) is 5. The molecule has 3 atom stereocenters. The van der Waals surface area contributed by atoms with Gasteiger partial charge in [0.1, 0.15) is 5.75 Å². The Morgan fingerprint density at radius 2 is 1.86 bits per heavy atom. The Kier molecular flexibility index (Phi) is 4.42. The predicted molar refractivity (Wildman–Crippen MR) is 105 cm³/mol. The first-order valence-electron chi connectivity index (χ1n) is 9.23. The molecule has 1 aliphatic carbocycles. The van der Waals surface area contributed by atoms with Crippen molar-refractivity contribution in [1.82, 2.24) is 0 Å². The van der Waals surface area contributed by atoms with Gasteiger partial charge in [-0.2, -0.15) is 0 Å². The molecule has 0 aromatic heterocycles. The highest BCUT2D eigenvalue weighted by atomic mass is 79.9. The normalized spacial score (nSPS) is 27.2. The number of esters is 2.